The Bertz CT molecular complexity index is 719. The van der Waals surface area contributed by atoms with E-state index < -0.39 is 6.04 Å². The average molecular weight is 613 g/mol. The largest absolute Gasteiger partial charge is 0.354 e. The van der Waals surface area contributed by atoms with Gasteiger partial charge in [-0.15, -0.1) is 12.4 Å². The van der Waals surface area contributed by atoms with Gasteiger partial charge in [0.2, 0.25) is 11.8 Å². The van der Waals surface area contributed by atoms with Gasteiger partial charge in [-0.3, -0.25) is 9.59 Å². The van der Waals surface area contributed by atoms with Crippen molar-refractivity contribution in [2.45, 2.75) is 154 Å². The zero-order valence-corrected chi connectivity index (χ0v) is 27.7. The van der Waals surface area contributed by atoms with Crippen molar-refractivity contribution in [1.29, 1.82) is 0 Å². The highest BCUT2D eigenvalue weighted by Gasteiger charge is 2.21. The Morgan fingerprint density at radius 3 is 1.83 bits per heavy atom. The fraction of sp³-hybridized carbons (Fsp3) is 0.848. The van der Waals surface area contributed by atoms with Crippen LogP contribution < -0.4 is 21.7 Å². The van der Waals surface area contributed by atoms with E-state index in [2.05, 4.69) is 32.8 Å². The van der Waals surface area contributed by atoms with Gasteiger partial charge >= 0.3 is 0 Å². The number of H-pyrrole nitrogens is 1. The number of nitrogens with zero attached hydrogens (tertiary/aromatic N) is 1. The Kier molecular flexibility index (Phi) is 29.6. The summed E-state index contributed by atoms with van der Waals surface area (Å²) in [4.78, 5) is 32.3. The molecule has 0 radical (unpaired) electrons. The molecule has 0 spiro atoms. The van der Waals surface area contributed by atoms with E-state index in [9.17, 15) is 9.59 Å². The topological polar surface area (TPSA) is 125 Å². The van der Waals surface area contributed by atoms with Crippen LogP contribution in [-0.2, 0) is 16.0 Å². The Balaban J connectivity index is 0.0000168. The van der Waals surface area contributed by atoms with Gasteiger partial charge in [-0.25, -0.2) is 4.98 Å². The van der Waals surface area contributed by atoms with Gasteiger partial charge in [0.25, 0.3) is 0 Å². The van der Waals surface area contributed by atoms with Crippen LogP contribution in [0.2, 0.25) is 0 Å². The molecule has 0 fully saturated rings. The maximum atomic E-state index is 12.7. The van der Waals surface area contributed by atoms with Crippen molar-refractivity contribution < 1.29 is 9.59 Å². The summed E-state index contributed by atoms with van der Waals surface area (Å²) in [6, 6.07) is -0.601. The molecule has 1 aromatic heterocycles. The van der Waals surface area contributed by atoms with E-state index in [4.69, 9.17) is 5.73 Å². The van der Waals surface area contributed by atoms with Crippen molar-refractivity contribution in [3.8, 4) is 0 Å². The molecule has 0 aliphatic heterocycles. The van der Waals surface area contributed by atoms with E-state index in [0.717, 1.165) is 44.5 Å². The molecule has 1 heterocycles. The number of nitrogens with two attached hydrogens (primary N) is 1. The predicted molar refractivity (Wildman–Crippen MR) is 179 cm³/mol. The average Bonchev–Trinajstić information content (AvgIpc) is 3.49. The summed E-state index contributed by atoms with van der Waals surface area (Å²) in [5, 5.41) is 9.34. The number of halogens is 1. The molecule has 0 aliphatic carbocycles. The van der Waals surface area contributed by atoms with Crippen LogP contribution in [0.25, 0.3) is 0 Å². The lowest BCUT2D eigenvalue weighted by Crippen LogP contribution is -2.48. The second-order valence-electron chi connectivity index (χ2n) is 11.7. The highest BCUT2D eigenvalue weighted by Crippen LogP contribution is 2.13. The van der Waals surface area contributed by atoms with Crippen LogP contribution in [-0.4, -0.2) is 54.0 Å². The maximum Gasteiger partial charge on any atom is 0.242 e. The third-order valence-corrected chi connectivity index (χ3v) is 7.78. The number of amides is 2. The second kappa shape index (κ2) is 30.8. The fourth-order valence-corrected chi connectivity index (χ4v) is 5.17. The molecule has 0 saturated heterocycles. The lowest BCUT2D eigenvalue weighted by atomic mass is 10.0. The summed E-state index contributed by atoms with van der Waals surface area (Å²) in [5.74, 6) is -0.237. The fourth-order valence-electron chi connectivity index (χ4n) is 5.17. The molecule has 42 heavy (non-hydrogen) atoms. The molecule has 0 saturated carbocycles. The maximum absolute atomic E-state index is 12.7. The number of unbranched alkanes of at least 4 members (excludes halogenated alkanes) is 17. The van der Waals surface area contributed by atoms with E-state index in [0.29, 0.717) is 25.9 Å². The minimum absolute atomic E-state index is 0. The number of hydrogen-bond donors (Lipinski definition) is 5. The van der Waals surface area contributed by atoms with Gasteiger partial charge in [0.15, 0.2) is 0 Å². The zero-order valence-electron chi connectivity index (χ0n) is 26.9. The molecule has 1 rings (SSSR count). The molecule has 8 nitrogen and oxygen atoms in total. The molecule has 0 aromatic carbocycles. The van der Waals surface area contributed by atoms with Crippen LogP contribution >= 0.6 is 12.4 Å². The van der Waals surface area contributed by atoms with E-state index in [1.165, 1.54) is 103 Å². The zero-order chi connectivity index (χ0) is 29.6. The second-order valence-corrected chi connectivity index (χ2v) is 11.7. The van der Waals surface area contributed by atoms with Crippen LogP contribution in [0.3, 0.4) is 0 Å². The standard InChI is InChI=1S/C33H64N6O2.ClH/c1-2-3-4-5-6-7-8-9-10-11-12-13-14-15-16-19-24-35-25-21-22-32(40)39-31(27-30-28-36-29-38-30)33(41)37-26-20-17-18-23-34;/h28-29,31,35H,2-27,34H2,1H3,(H,36,38)(H,37,41)(H,39,40);1H/t31-;/m0./s1. The van der Waals surface area contributed by atoms with Crippen molar-refractivity contribution in [2.24, 2.45) is 5.73 Å². The number of imidazole rings is 1. The van der Waals surface area contributed by atoms with E-state index in [1.54, 1.807) is 12.5 Å². The summed E-state index contributed by atoms with van der Waals surface area (Å²) in [7, 11) is 0. The molecular formula is C33H65ClN6O2. The number of nitrogens with one attached hydrogen (secondary N) is 4. The van der Waals surface area contributed by atoms with Crippen molar-refractivity contribution in [3.05, 3.63) is 18.2 Å². The Hall–Kier alpha value is -1.64. The molecule has 0 aliphatic rings. The normalized spacial score (nSPS) is 11.7. The molecule has 0 unspecified atom stereocenters. The first-order valence-electron chi connectivity index (χ1n) is 17.1. The minimum Gasteiger partial charge on any atom is -0.354 e. The number of aromatic nitrogens is 2. The van der Waals surface area contributed by atoms with Crippen LogP contribution in [0.5, 0.6) is 0 Å². The minimum atomic E-state index is -0.601. The van der Waals surface area contributed by atoms with Gasteiger partial charge in [0.1, 0.15) is 6.04 Å². The Morgan fingerprint density at radius 1 is 0.762 bits per heavy atom. The first-order chi connectivity index (χ1) is 20.2. The lowest BCUT2D eigenvalue weighted by molar-refractivity contribution is -0.129. The molecule has 9 heteroatoms. The van der Waals surface area contributed by atoms with Crippen LogP contribution in [0.15, 0.2) is 12.5 Å². The smallest absolute Gasteiger partial charge is 0.242 e. The summed E-state index contributed by atoms with van der Waals surface area (Å²) in [5.41, 5.74) is 6.36. The van der Waals surface area contributed by atoms with Crippen LogP contribution in [0.1, 0.15) is 147 Å². The number of carbonyl (C=O) groups excluding carboxylic acids is 2. The predicted octanol–water partition coefficient (Wildman–Crippen LogP) is 6.74. The van der Waals surface area contributed by atoms with Gasteiger partial charge in [-0.1, -0.05) is 110 Å². The van der Waals surface area contributed by atoms with Crippen molar-refractivity contribution in [2.75, 3.05) is 26.2 Å². The highest BCUT2D eigenvalue weighted by atomic mass is 35.5. The number of hydrogen-bond acceptors (Lipinski definition) is 5. The van der Waals surface area contributed by atoms with E-state index in [1.807, 2.05) is 0 Å². The molecule has 1 aromatic rings. The first kappa shape index (κ1) is 40.4. The molecule has 0 bridgehead atoms. The molecule has 246 valence electrons. The summed E-state index contributed by atoms with van der Waals surface area (Å²) < 4.78 is 0. The number of rotatable bonds is 30. The Labute approximate surface area is 263 Å². The van der Waals surface area contributed by atoms with Gasteiger partial charge in [-0.2, -0.15) is 0 Å². The molecule has 6 N–H and O–H groups in total. The van der Waals surface area contributed by atoms with Crippen molar-refractivity contribution in [3.63, 3.8) is 0 Å². The quantitative estimate of drug-likeness (QED) is 0.0616. The van der Waals surface area contributed by atoms with Gasteiger partial charge in [0.05, 0.1) is 6.33 Å². The number of carbonyl (C=O) groups is 2. The van der Waals surface area contributed by atoms with Crippen LogP contribution in [0.4, 0.5) is 0 Å². The molecule has 1 atom stereocenters. The van der Waals surface area contributed by atoms with Gasteiger partial charge in [0, 0.05) is 31.3 Å². The lowest BCUT2D eigenvalue weighted by Gasteiger charge is -2.18. The summed E-state index contributed by atoms with van der Waals surface area (Å²) in [6.45, 7) is 5.38. The highest BCUT2D eigenvalue weighted by molar-refractivity contribution is 5.87. The summed E-state index contributed by atoms with van der Waals surface area (Å²) >= 11 is 0. The van der Waals surface area contributed by atoms with Crippen molar-refractivity contribution in [1.82, 2.24) is 25.9 Å². The van der Waals surface area contributed by atoms with Gasteiger partial charge in [-0.05, 0) is 45.3 Å². The molecule has 2 amide bonds. The monoisotopic (exact) mass is 612 g/mol. The van der Waals surface area contributed by atoms with Crippen LogP contribution in [0, 0.1) is 0 Å². The van der Waals surface area contributed by atoms with E-state index >= 15 is 0 Å². The number of aromatic amines is 1. The first-order valence-corrected chi connectivity index (χ1v) is 17.1. The third-order valence-electron chi connectivity index (χ3n) is 7.78. The molecular weight excluding hydrogens is 548 g/mol. The SMILES string of the molecule is CCCCCCCCCCCCCCCCCCNCCCC(=O)N[C@@H](Cc1cnc[nH]1)C(=O)NCCCCCN.Cl. The third kappa shape index (κ3) is 24.9. The van der Waals surface area contributed by atoms with Gasteiger partial charge < -0.3 is 26.7 Å². The summed E-state index contributed by atoms with van der Waals surface area (Å²) in [6.07, 6.45) is 29.8. The van der Waals surface area contributed by atoms with Crippen molar-refractivity contribution >= 4 is 24.2 Å². The van der Waals surface area contributed by atoms with E-state index in [-0.39, 0.29) is 24.2 Å². The Morgan fingerprint density at radius 2 is 1.29 bits per heavy atom.